The number of aryl methyl sites for hydroxylation is 1. The average molecular weight is 215 g/mol. The Labute approximate surface area is 85.5 Å². The Hall–Kier alpha value is -1.49. The Balaban J connectivity index is 2.99. The first-order chi connectivity index (χ1) is 6.91. The topological polar surface area (TPSA) is 63.3 Å². The van der Waals surface area contributed by atoms with Crippen LogP contribution in [0.15, 0.2) is 12.1 Å². The number of aliphatic carboxylic acids is 1. The van der Waals surface area contributed by atoms with Gasteiger partial charge in [-0.3, -0.25) is 4.79 Å². The zero-order valence-electron chi connectivity index (χ0n) is 8.13. The van der Waals surface area contributed by atoms with Gasteiger partial charge in [0.25, 0.3) is 0 Å². The number of carboxylic acids is 1. The quantitative estimate of drug-likeness (QED) is 0.797. The van der Waals surface area contributed by atoms with E-state index >= 15 is 0 Å². The molecule has 0 bridgehead atoms. The predicted molar refractivity (Wildman–Crippen MR) is 50.4 cm³/mol. The second-order valence-electron chi connectivity index (χ2n) is 3.37. The van der Waals surface area contributed by atoms with Gasteiger partial charge in [-0.1, -0.05) is 6.07 Å². The fourth-order valence-electron chi connectivity index (χ4n) is 1.27. The maximum Gasteiger partial charge on any atom is 0.320 e. The molecule has 0 aromatic heterocycles. The Morgan fingerprint density at radius 1 is 1.53 bits per heavy atom. The average Bonchev–Trinajstić information content (AvgIpc) is 2.13. The van der Waals surface area contributed by atoms with E-state index in [1.54, 1.807) is 6.92 Å². The molecule has 0 radical (unpaired) electrons. The third-order valence-electron chi connectivity index (χ3n) is 2.00. The van der Waals surface area contributed by atoms with E-state index in [1.807, 2.05) is 0 Å². The minimum atomic E-state index is -1.24. The SMILES string of the molecule is Cc1cc(F)c(F)c(CC(N)C(=O)O)c1. The molecule has 3 nitrogen and oxygen atoms in total. The zero-order chi connectivity index (χ0) is 11.6. The molecule has 1 aromatic carbocycles. The summed E-state index contributed by atoms with van der Waals surface area (Å²) in [4.78, 5) is 10.4. The first-order valence-electron chi connectivity index (χ1n) is 4.34. The lowest BCUT2D eigenvalue weighted by Gasteiger charge is -2.08. The van der Waals surface area contributed by atoms with Crippen LogP contribution in [0.5, 0.6) is 0 Å². The summed E-state index contributed by atoms with van der Waals surface area (Å²) < 4.78 is 26.1. The van der Waals surface area contributed by atoms with Crippen molar-refractivity contribution in [2.75, 3.05) is 0 Å². The number of hydrogen-bond donors (Lipinski definition) is 2. The lowest BCUT2D eigenvalue weighted by molar-refractivity contribution is -0.138. The van der Waals surface area contributed by atoms with Gasteiger partial charge in [-0.25, -0.2) is 8.78 Å². The van der Waals surface area contributed by atoms with Crippen molar-refractivity contribution in [2.45, 2.75) is 19.4 Å². The van der Waals surface area contributed by atoms with Gasteiger partial charge >= 0.3 is 5.97 Å². The molecule has 1 atom stereocenters. The van der Waals surface area contributed by atoms with Crippen LogP contribution in [-0.2, 0) is 11.2 Å². The van der Waals surface area contributed by atoms with Crippen LogP contribution < -0.4 is 5.73 Å². The van der Waals surface area contributed by atoms with Crippen LogP contribution in [0.2, 0.25) is 0 Å². The van der Waals surface area contributed by atoms with E-state index in [-0.39, 0.29) is 12.0 Å². The fourth-order valence-corrected chi connectivity index (χ4v) is 1.27. The smallest absolute Gasteiger partial charge is 0.320 e. The summed E-state index contributed by atoms with van der Waals surface area (Å²) in [6.07, 6.45) is -0.222. The van der Waals surface area contributed by atoms with Crippen LogP contribution in [0.4, 0.5) is 8.78 Å². The van der Waals surface area contributed by atoms with Gasteiger partial charge < -0.3 is 10.8 Å². The van der Waals surface area contributed by atoms with Gasteiger partial charge in [0.1, 0.15) is 6.04 Å². The summed E-state index contributed by atoms with van der Waals surface area (Å²) in [5.41, 5.74) is 5.75. The van der Waals surface area contributed by atoms with E-state index < -0.39 is 23.6 Å². The number of nitrogens with two attached hydrogens (primary N) is 1. The maximum atomic E-state index is 13.2. The second-order valence-corrected chi connectivity index (χ2v) is 3.37. The van der Waals surface area contributed by atoms with Crippen LogP contribution in [0.3, 0.4) is 0 Å². The van der Waals surface area contributed by atoms with Crippen molar-refractivity contribution in [3.63, 3.8) is 0 Å². The molecular formula is C10H11F2NO2. The third-order valence-corrected chi connectivity index (χ3v) is 2.00. The summed E-state index contributed by atoms with van der Waals surface area (Å²) in [7, 11) is 0. The highest BCUT2D eigenvalue weighted by Crippen LogP contribution is 2.15. The van der Waals surface area contributed by atoms with Gasteiger partial charge in [0.05, 0.1) is 0 Å². The van der Waals surface area contributed by atoms with E-state index in [0.717, 1.165) is 6.07 Å². The number of rotatable bonds is 3. The molecule has 5 heteroatoms. The molecule has 0 amide bonds. The molecule has 3 N–H and O–H groups in total. The number of halogens is 2. The Morgan fingerprint density at radius 2 is 2.13 bits per heavy atom. The maximum absolute atomic E-state index is 13.2. The van der Waals surface area contributed by atoms with Crippen molar-refractivity contribution in [2.24, 2.45) is 5.73 Å². The van der Waals surface area contributed by atoms with Gasteiger partial charge in [0, 0.05) is 6.42 Å². The molecule has 1 rings (SSSR count). The third kappa shape index (κ3) is 2.73. The van der Waals surface area contributed by atoms with Gasteiger partial charge in [0.15, 0.2) is 11.6 Å². The number of hydrogen-bond acceptors (Lipinski definition) is 2. The molecular weight excluding hydrogens is 204 g/mol. The Kier molecular flexibility index (Phi) is 3.36. The Bertz CT molecular complexity index is 393. The molecule has 0 aliphatic heterocycles. The summed E-state index contributed by atoms with van der Waals surface area (Å²) in [5.74, 6) is -3.25. The summed E-state index contributed by atoms with van der Waals surface area (Å²) >= 11 is 0. The lowest BCUT2D eigenvalue weighted by Crippen LogP contribution is -2.32. The molecule has 0 aliphatic rings. The first kappa shape index (κ1) is 11.6. The van der Waals surface area contributed by atoms with Gasteiger partial charge in [-0.2, -0.15) is 0 Å². The molecule has 0 saturated heterocycles. The summed E-state index contributed by atoms with van der Waals surface area (Å²) in [5, 5.41) is 8.53. The van der Waals surface area contributed by atoms with Crippen molar-refractivity contribution >= 4 is 5.97 Å². The van der Waals surface area contributed by atoms with Crippen molar-refractivity contribution in [1.82, 2.24) is 0 Å². The van der Waals surface area contributed by atoms with Crippen LogP contribution in [0.1, 0.15) is 11.1 Å². The van der Waals surface area contributed by atoms with Crippen LogP contribution in [0.25, 0.3) is 0 Å². The van der Waals surface area contributed by atoms with E-state index in [4.69, 9.17) is 10.8 Å². The highest BCUT2D eigenvalue weighted by molar-refractivity contribution is 5.73. The molecule has 0 heterocycles. The largest absolute Gasteiger partial charge is 0.480 e. The molecule has 1 aromatic rings. The van der Waals surface area contributed by atoms with Gasteiger partial charge in [0.2, 0.25) is 0 Å². The number of benzene rings is 1. The Morgan fingerprint density at radius 3 is 2.67 bits per heavy atom. The van der Waals surface area contributed by atoms with Crippen molar-refractivity contribution in [3.05, 3.63) is 34.9 Å². The van der Waals surface area contributed by atoms with Gasteiger partial charge in [-0.05, 0) is 24.1 Å². The van der Waals surface area contributed by atoms with E-state index in [1.165, 1.54) is 6.07 Å². The fraction of sp³-hybridized carbons (Fsp3) is 0.300. The van der Waals surface area contributed by atoms with Crippen LogP contribution >= 0.6 is 0 Å². The molecule has 0 saturated carbocycles. The van der Waals surface area contributed by atoms with E-state index in [9.17, 15) is 13.6 Å². The number of carbonyl (C=O) groups is 1. The normalized spacial score (nSPS) is 12.5. The molecule has 15 heavy (non-hydrogen) atoms. The zero-order valence-corrected chi connectivity index (χ0v) is 8.13. The van der Waals surface area contributed by atoms with Crippen molar-refractivity contribution in [1.29, 1.82) is 0 Å². The highest BCUT2D eigenvalue weighted by atomic mass is 19.2. The first-order valence-corrected chi connectivity index (χ1v) is 4.34. The predicted octanol–water partition coefficient (Wildman–Crippen LogP) is 1.23. The lowest BCUT2D eigenvalue weighted by atomic mass is 10.0. The van der Waals surface area contributed by atoms with E-state index in [0.29, 0.717) is 5.56 Å². The van der Waals surface area contributed by atoms with Crippen LogP contribution in [-0.4, -0.2) is 17.1 Å². The standard InChI is InChI=1S/C10H11F2NO2/c1-5-2-6(4-8(13)10(14)15)9(12)7(11)3-5/h2-3,8H,4,13H2,1H3,(H,14,15). The molecule has 0 fully saturated rings. The highest BCUT2D eigenvalue weighted by Gasteiger charge is 2.17. The minimum absolute atomic E-state index is 0.0117. The van der Waals surface area contributed by atoms with E-state index in [2.05, 4.69) is 0 Å². The second kappa shape index (κ2) is 4.35. The molecule has 1 unspecified atom stereocenters. The van der Waals surface area contributed by atoms with Gasteiger partial charge in [-0.15, -0.1) is 0 Å². The monoisotopic (exact) mass is 215 g/mol. The summed E-state index contributed by atoms with van der Waals surface area (Å²) in [6, 6.07) is 1.22. The van der Waals surface area contributed by atoms with Crippen molar-refractivity contribution < 1.29 is 18.7 Å². The minimum Gasteiger partial charge on any atom is -0.480 e. The summed E-state index contributed by atoms with van der Waals surface area (Å²) in [6.45, 7) is 1.60. The molecule has 0 aliphatic carbocycles. The number of carboxylic acid groups (broad SMARTS) is 1. The van der Waals surface area contributed by atoms with Crippen LogP contribution in [0, 0.1) is 18.6 Å². The molecule has 0 spiro atoms. The van der Waals surface area contributed by atoms with Crippen molar-refractivity contribution in [3.8, 4) is 0 Å². The molecule has 82 valence electrons.